The van der Waals surface area contributed by atoms with Crippen molar-refractivity contribution in [2.45, 2.75) is 57.7 Å². The molecule has 1 aliphatic carbocycles. The van der Waals surface area contributed by atoms with E-state index in [9.17, 15) is 9.59 Å². The second kappa shape index (κ2) is 8.05. The molecular formula is C24H25ClN4O2S. The number of carbonyl (C=O) groups is 2. The van der Waals surface area contributed by atoms with Gasteiger partial charge in [-0.3, -0.25) is 19.2 Å². The van der Waals surface area contributed by atoms with Crippen molar-refractivity contribution in [3.8, 4) is 10.6 Å². The Morgan fingerprint density at radius 3 is 2.72 bits per heavy atom. The van der Waals surface area contributed by atoms with Crippen molar-refractivity contribution in [2.75, 3.05) is 4.90 Å². The van der Waals surface area contributed by atoms with Gasteiger partial charge >= 0.3 is 0 Å². The number of aryl methyl sites for hydroxylation is 1. The van der Waals surface area contributed by atoms with Gasteiger partial charge in [0.25, 0.3) is 5.91 Å². The van der Waals surface area contributed by atoms with Crippen molar-refractivity contribution in [3.63, 3.8) is 0 Å². The molecule has 1 atom stereocenters. The Balaban J connectivity index is 1.59. The Hall–Kier alpha value is -2.64. The number of amides is 2. The van der Waals surface area contributed by atoms with Gasteiger partial charge in [0.05, 0.1) is 11.4 Å². The first-order valence-electron chi connectivity index (χ1n) is 10.9. The van der Waals surface area contributed by atoms with Gasteiger partial charge in [0, 0.05) is 16.8 Å². The van der Waals surface area contributed by atoms with Gasteiger partial charge in [0.2, 0.25) is 5.91 Å². The highest BCUT2D eigenvalue weighted by Crippen LogP contribution is 2.36. The van der Waals surface area contributed by atoms with Gasteiger partial charge in [0.15, 0.2) is 0 Å². The van der Waals surface area contributed by atoms with E-state index in [0.717, 1.165) is 41.8 Å². The van der Waals surface area contributed by atoms with Gasteiger partial charge in [-0.25, -0.2) is 0 Å². The zero-order valence-corrected chi connectivity index (χ0v) is 19.7. The highest BCUT2D eigenvalue weighted by atomic mass is 35.5. The van der Waals surface area contributed by atoms with Crippen molar-refractivity contribution in [1.29, 1.82) is 0 Å². The second-order valence-electron chi connectivity index (χ2n) is 8.85. The highest BCUT2D eigenvalue weighted by Gasteiger charge is 2.49. The quantitative estimate of drug-likeness (QED) is 0.582. The van der Waals surface area contributed by atoms with Crippen LogP contribution in [0.25, 0.3) is 10.6 Å². The van der Waals surface area contributed by atoms with Gasteiger partial charge in [-0.1, -0.05) is 36.6 Å². The molecule has 8 heteroatoms. The summed E-state index contributed by atoms with van der Waals surface area (Å²) >= 11 is 7.98. The average Bonchev–Trinajstić information content (AvgIpc) is 3.51. The summed E-state index contributed by atoms with van der Waals surface area (Å²) in [5, 5.41) is 10.4. The molecule has 6 nitrogen and oxygen atoms in total. The zero-order valence-electron chi connectivity index (χ0n) is 18.1. The fourth-order valence-electron chi connectivity index (χ4n) is 4.66. The van der Waals surface area contributed by atoms with Gasteiger partial charge in [-0.15, -0.1) is 11.3 Å². The normalized spacial score (nSPS) is 21.1. The Morgan fingerprint density at radius 2 is 2.03 bits per heavy atom. The van der Waals surface area contributed by atoms with E-state index in [4.69, 9.17) is 11.6 Å². The highest BCUT2D eigenvalue weighted by molar-refractivity contribution is 7.13. The number of rotatable bonds is 4. The van der Waals surface area contributed by atoms with Crippen LogP contribution in [0.15, 0.2) is 41.8 Å². The average molecular weight is 469 g/mol. The van der Waals surface area contributed by atoms with Crippen LogP contribution in [0.4, 0.5) is 5.69 Å². The number of carbonyl (C=O) groups excluding carboxylic acids is 2. The molecule has 2 amide bonds. The van der Waals surface area contributed by atoms with Gasteiger partial charge in [-0.2, -0.15) is 5.10 Å². The van der Waals surface area contributed by atoms with E-state index in [0.29, 0.717) is 16.4 Å². The third kappa shape index (κ3) is 3.53. The molecule has 1 N–H and O–H groups in total. The summed E-state index contributed by atoms with van der Waals surface area (Å²) < 4.78 is 1.68. The fraction of sp³-hybridized carbons (Fsp3) is 0.375. The lowest BCUT2D eigenvalue weighted by atomic mass is 9.93. The fourth-order valence-corrected chi connectivity index (χ4v) is 5.52. The SMILES string of the molecule is Cc1ccc(N2C(=O)c3cc(-c4cccs4)nn3CC2(C)C(=O)NC2CCCC2)cc1Cl. The molecule has 1 aromatic carbocycles. The van der Waals surface area contributed by atoms with E-state index in [1.807, 2.05) is 49.6 Å². The topological polar surface area (TPSA) is 67.2 Å². The molecule has 0 radical (unpaired) electrons. The molecule has 1 aliphatic heterocycles. The van der Waals surface area contributed by atoms with Crippen LogP contribution < -0.4 is 10.2 Å². The van der Waals surface area contributed by atoms with Crippen molar-refractivity contribution >= 4 is 40.4 Å². The van der Waals surface area contributed by atoms with Crippen molar-refractivity contribution < 1.29 is 9.59 Å². The first-order chi connectivity index (χ1) is 15.4. The summed E-state index contributed by atoms with van der Waals surface area (Å²) in [7, 11) is 0. The molecule has 3 aromatic rings. The molecule has 32 heavy (non-hydrogen) atoms. The number of nitrogens with one attached hydrogen (secondary N) is 1. The van der Waals surface area contributed by atoms with E-state index in [-0.39, 0.29) is 24.4 Å². The third-order valence-electron chi connectivity index (χ3n) is 6.52. The number of anilines is 1. The molecule has 0 bridgehead atoms. The molecule has 5 rings (SSSR count). The summed E-state index contributed by atoms with van der Waals surface area (Å²) in [5.74, 6) is -0.413. The lowest BCUT2D eigenvalue weighted by Gasteiger charge is -2.43. The van der Waals surface area contributed by atoms with E-state index in [2.05, 4.69) is 10.4 Å². The van der Waals surface area contributed by atoms with E-state index < -0.39 is 5.54 Å². The van der Waals surface area contributed by atoms with Crippen molar-refractivity contribution in [2.24, 2.45) is 0 Å². The molecule has 166 valence electrons. The molecular weight excluding hydrogens is 444 g/mol. The van der Waals surface area contributed by atoms with Crippen LogP contribution in [0.1, 0.15) is 48.7 Å². The zero-order chi connectivity index (χ0) is 22.5. The Morgan fingerprint density at radius 1 is 1.25 bits per heavy atom. The number of hydrogen-bond donors (Lipinski definition) is 1. The number of nitrogens with zero attached hydrogens (tertiary/aromatic N) is 3. The number of aromatic nitrogens is 2. The minimum absolute atomic E-state index is 0.151. The van der Waals surface area contributed by atoms with Gasteiger partial charge in [0.1, 0.15) is 16.9 Å². The number of halogens is 1. The first kappa shape index (κ1) is 21.2. The molecule has 0 spiro atoms. The smallest absolute Gasteiger partial charge is 0.277 e. The number of hydrogen-bond acceptors (Lipinski definition) is 4. The summed E-state index contributed by atoms with van der Waals surface area (Å²) in [4.78, 5) is 30.0. The maximum atomic E-state index is 13.8. The first-order valence-corrected chi connectivity index (χ1v) is 12.2. The standard InChI is InChI=1S/C24H25ClN4O2S/c1-15-9-10-17(12-18(15)25)29-22(30)20-13-19(21-8-5-11-32-21)27-28(20)14-24(29,2)23(31)26-16-6-3-4-7-16/h5,8-13,16H,3-4,6-7,14H2,1-2H3,(H,26,31). The van der Waals surface area contributed by atoms with E-state index >= 15 is 0 Å². The summed E-state index contributed by atoms with van der Waals surface area (Å²) in [6.45, 7) is 4.00. The summed E-state index contributed by atoms with van der Waals surface area (Å²) in [6.07, 6.45) is 4.18. The largest absolute Gasteiger partial charge is 0.351 e. The van der Waals surface area contributed by atoms with E-state index in [1.54, 1.807) is 27.0 Å². The summed E-state index contributed by atoms with van der Waals surface area (Å²) in [5.41, 5.74) is 1.60. The second-order valence-corrected chi connectivity index (χ2v) is 10.2. The Bertz CT molecular complexity index is 1180. The van der Waals surface area contributed by atoms with Crippen LogP contribution >= 0.6 is 22.9 Å². The molecule has 1 fully saturated rings. The van der Waals surface area contributed by atoms with E-state index in [1.165, 1.54) is 0 Å². The van der Waals surface area contributed by atoms with Crippen LogP contribution in [-0.2, 0) is 11.3 Å². The van der Waals surface area contributed by atoms with Crippen LogP contribution in [0.2, 0.25) is 5.02 Å². The van der Waals surface area contributed by atoms with Crippen LogP contribution in [-0.4, -0.2) is 33.2 Å². The van der Waals surface area contributed by atoms with Gasteiger partial charge < -0.3 is 5.32 Å². The molecule has 2 aliphatic rings. The Labute approximate surface area is 196 Å². The third-order valence-corrected chi connectivity index (χ3v) is 7.82. The number of thiophene rings is 1. The lowest BCUT2D eigenvalue weighted by molar-refractivity contribution is -0.127. The number of benzene rings is 1. The minimum Gasteiger partial charge on any atom is -0.351 e. The summed E-state index contributed by atoms with van der Waals surface area (Å²) in [6, 6.07) is 11.4. The molecule has 2 aromatic heterocycles. The monoisotopic (exact) mass is 468 g/mol. The van der Waals surface area contributed by atoms with Crippen LogP contribution in [0, 0.1) is 6.92 Å². The van der Waals surface area contributed by atoms with Crippen LogP contribution in [0.5, 0.6) is 0 Å². The van der Waals surface area contributed by atoms with Crippen molar-refractivity contribution in [1.82, 2.24) is 15.1 Å². The number of fused-ring (bicyclic) bond motifs is 1. The predicted molar refractivity (Wildman–Crippen MR) is 127 cm³/mol. The van der Waals surface area contributed by atoms with Crippen LogP contribution in [0.3, 0.4) is 0 Å². The molecule has 1 saturated carbocycles. The minimum atomic E-state index is -1.13. The van der Waals surface area contributed by atoms with Crippen molar-refractivity contribution in [3.05, 3.63) is 58.1 Å². The Kier molecular flexibility index (Phi) is 5.34. The predicted octanol–water partition coefficient (Wildman–Crippen LogP) is 5.05. The molecule has 1 unspecified atom stereocenters. The lowest BCUT2D eigenvalue weighted by Crippen LogP contribution is -2.65. The maximum absolute atomic E-state index is 13.8. The molecule has 0 saturated heterocycles. The molecule has 3 heterocycles. The maximum Gasteiger partial charge on any atom is 0.277 e. The van der Waals surface area contributed by atoms with Gasteiger partial charge in [-0.05, 0) is 61.9 Å².